The summed E-state index contributed by atoms with van der Waals surface area (Å²) in [5.74, 6) is 0.782. The Labute approximate surface area is 141 Å². The Balaban J connectivity index is 1.81. The zero-order chi connectivity index (χ0) is 17.5. The first-order valence-electron chi connectivity index (χ1n) is 7.99. The lowest BCUT2D eigenvalue weighted by Crippen LogP contribution is -2.38. The van der Waals surface area contributed by atoms with Crippen LogP contribution in [-0.2, 0) is 14.3 Å². The maximum Gasteiger partial charge on any atom is 0.331 e. The van der Waals surface area contributed by atoms with Crippen LogP contribution in [-0.4, -0.2) is 37.7 Å². The first-order valence-corrected chi connectivity index (χ1v) is 7.99. The molecule has 1 aliphatic rings. The van der Waals surface area contributed by atoms with E-state index in [1.165, 1.54) is 6.08 Å². The van der Waals surface area contributed by atoms with Gasteiger partial charge in [0.25, 0.3) is 5.91 Å². The van der Waals surface area contributed by atoms with Gasteiger partial charge in [-0.3, -0.25) is 4.79 Å². The highest BCUT2D eigenvalue weighted by atomic mass is 16.6. The number of benzene rings is 1. The molecular weight excluding hydrogens is 310 g/mol. The molecule has 2 rings (SSSR count). The summed E-state index contributed by atoms with van der Waals surface area (Å²) in [4.78, 5) is 23.3. The second kappa shape index (κ2) is 8.38. The lowest BCUT2D eigenvalue weighted by atomic mass is 10.1. The predicted molar refractivity (Wildman–Crippen MR) is 89.9 cm³/mol. The summed E-state index contributed by atoms with van der Waals surface area (Å²) < 4.78 is 15.8. The number of nitrogens with one attached hydrogen (secondary N) is 1. The van der Waals surface area contributed by atoms with E-state index in [4.69, 9.17) is 14.2 Å². The van der Waals surface area contributed by atoms with Gasteiger partial charge in [0.1, 0.15) is 13.2 Å². The number of hydrogen-bond acceptors (Lipinski definition) is 5. The van der Waals surface area contributed by atoms with E-state index in [2.05, 4.69) is 5.32 Å². The van der Waals surface area contributed by atoms with E-state index >= 15 is 0 Å². The maximum atomic E-state index is 11.7. The molecule has 1 N–H and O–H groups in total. The number of amides is 1. The van der Waals surface area contributed by atoms with Crippen molar-refractivity contribution in [1.29, 1.82) is 0 Å². The molecule has 0 fully saturated rings. The Kier molecular flexibility index (Phi) is 6.23. The molecule has 24 heavy (non-hydrogen) atoms. The second-order valence-electron chi connectivity index (χ2n) is 5.94. The highest BCUT2D eigenvalue weighted by Gasteiger charge is 2.12. The fourth-order valence-corrected chi connectivity index (χ4v) is 1.97. The van der Waals surface area contributed by atoms with Gasteiger partial charge in [0.05, 0.1) is 0 Å². The number of rotatable bonds is 6. The van der Waals surface area contributed by atoms with Gasteiger partial charge in [0, 0.05) is 12.1 Å². The largest absolute Gasteiger partial charge is 0.486 e. The number of ether oxygens (including phenoxy) is 3. The molecular formula is C18H23NO5. The van der Waals surface area contributed by atoms with Crippen LogP contribution in [0.2, 0.25) is 0 Å². The summed E-state index contributed by atoms with van der Waals surface area (Å²) in [6.07, 6.45) is 2.89. The SMILES string of the molecule is CC(C)[C@@H](C)NC(=O)COC(=O)/C=C/c1ccc2c(c1)OCCO2. The Morgan fingerprint density at radius 2 is 1.92 bits per heavy atom. The van der Waals surface area contributed by atoms with Gasteiger partial charge in [-0.1, -0.05) is 19.9 Å². The van der Waals surface area contributed by atoms with E-state index in [0.29, 0.717) is 30.6 Å². The lowest BCUT2D eigenvalue weighted by Gasteiger charge is -2.18. The highest BCUT2D eigenvalue weighted by molar-refractivity contribution is 5.89. The third-order valence-electron chi connectivity index (χ3n) is 3.71. The van der Waals surface area contributed by atoms with Crippen LogP contribution in [0.15, 0.2) is 24.3 Å². The molecule has 6 heteroatoms. The van der Waals surface area contributed by atoms with E-state index in [-0.39, 0.29) is 18.6 Å². The number of carbonyl (C=O) groups is 2. The van der Waals surface area contributed by atoms with Gasteiger partial charge in [-0.15, -0.1) is 0 Å². The molecule has 1 amide bonds. The molecule has 6 nitrogen and oxygen atoms in total. The molecule has 0 saturated carbocycles. The fourth-order valence-electron chi connectivity index (χ4n) is 1.97. The van der Waals surface area contributed by atoms with Crippen LogP contribution in [0, 0.1) is 5.92 Å². The van der Waals surface area contributed by atoms with Crippen LogP contribution in [0.25, 0.3) is 6.08 Å². The van der Waals surface area contributed by atoms with Crippen molar-refractivity contribution >= 4 is 18.0 Å². The molecule has 1 heterocycles. The summed E-state index contributed by atoms with van der Waals surface area (Å²) in [5, 5.41) is 2.77. The van der Waals surface area contributed by atoms with Crippen LogP contribution < -0.4 is 14.8 Å². The van der Waals surface area contributed by atoms with Gasteiger partial charge in [-0.05, 0) is 36.6 Å². The van der Waals surface area contributed by atoms with E-state index in [1.54, 1.807) is 18.2 Å². The third kappa shape index (κ3) is 5.30. The molecule has 1 atom stereocenters. The molecule has 0 radical (unpaired) electrons. The molecule has 0 aliphatic carbocycles. The topological polar surface area (TPSA) is 73.9 Å². The van der Waals surface area contributed by atoms with E-state index in [0.717, 1.165) is 5.56 Å². The van der Waals surface area contributed by atoms with Gasteiger partial charge < -0.3 is 19.5 Å². The van der Waals surface area contributed by atoms with Crippen LogP contribution >= 0.6 is 0 Å². The minimum absolute atomic E-state index is 0.0319. The van der Waals surface area contributed by atoms with E-state index < -0.39 is 5.97 Å². The van der Waals surface area contributed by atoms with Crippen molar-refractivity contribution in [3.63, 3.8) is 0 Å². The average molecular weight is 333 g/mol. The number of esters is 1. The predicted octanol–water partition coefficient (Wildman–Crippen LogP) is 2.17. The molecule has 130 valence electrons. The van der Waals surface area contributed by atoms with Crippen molar-refractivity contribution in [2.45, 2.75) is 26.8 Å². The van der Waals surface area contributed by atoms with Gasteiger partial charge >= 0.3 is 5.97 Å². The van der Waals surface area contributed by atoms with Crippen molar-refractivity contribution in [1.82, 2.24) is 5.32 Å². The summed E-state index contributed by atoms with van der Waals surface area (Å²) in [6.45, 7) is 6.67. The van der Waals surface area contributed by atoms with Crippen LogP contribution in [0.1, 0.15) is 26.3 Å². The van der Waals surface area contributed by atoms with Crippen LogP contribution in [0.5, 0.6) is 11.5 Å². The molecule has 1 aromatic rings. The molecule has 0 saturated heterocycles. The first kappa shape index (κ1) is 17.8. The van der Waals surface area contributed by atoms with Crippen molar-refractivity contribution < 1.29 is 23.8 Å². The summed E-state index contributed by atoms with van der Waals surface area (Å²) in [6, 6.07) is 5.42. The molecule has 0 spiro atoms. The maximum absolute atomic E-state index is 11.7. The zero-order valence-electron chi connectivity index (χ0n) is 14.2. The van der Waals surface area contributed by atoms with Gasteiger partial charge in [0.15, 0.2) is 18.1 Å². The summed E-state index contributed by atoms with van der Waals surface area (Å²) in [7, 11) is 0. The Hall–Kier alpha value is -2.50. The summed E-state index contributed by atoms with van der Waals surface area (Å²) in [5.41, 5.74) is 0.786. The van der Waals surface area contributed by atoms with Crippen molar-refractivity contribution in [2.24, 2.45) is 5.92 Å². The number of carbonyl (C=O) groups excluding carboxylic acids is 2. The molecule has 0 unspecified atom stereocenters. The fraction of sp³-hybridized carbons (Fsp3) is 0.444. The molecule has 1 aliphatic heterocycles. The minimum atomic E-state index is -0.572. The van der Waals surface area contributed by atoms with Crippen molar-refractivity contribution in [3.8, 4) is 11.5 Å². The van der Waals surface area contributed by atoms with Gasteiger partial charge in [0.2, 0.25) is 0 Å². The Morgan fingerprint density at radius 3 is 2.62 bits per heavy atom. The zero-order valence-corrected chi connectivity index (χ0v) is 14.2. The van der Waals surface area contributed by atoms with Crippen molar-refractivity contribution in [3.05, 3.63) is 29.8 Å². The van der Waals surface area contributed by atoms with Gasteiger partial charge in [-0.25, -0.2) is 4.79 Å². The Morgan fingerprint density at radius 1 is 1.21 bits per heavy atom. The lowest BCUT2D eigenvalue weighted by molar-refractivity contribution is -0.144. The smallest absolute Gasteiger partial charge is 0.331 e. The van der Waals surface area contributed by atoms with Crippen LogP contribution in [0.4, 0.5) is 0 Å². The average Bonchev–Trinajstić information content (AvgIpc) is 2.57. The summed E-state index contributed by atoms with van der Waals surface area (Å²) >= 11 is 0. The minimum Gasteiger partial charge on any atom is -0.486 e. The standard InChI is InChI=1S/C18H23NO5/c1-12(2)13(3)19-17(20)11-24-18(21)7-5-14-4-6-15-16(10-14)23-9-8-22-15/h4-7,10,12-13H,8-9,11H2,1-3H3,(H,19,20)/b7-5+/t13-/m1/s1. The second-order valence-corrected chi connectivity index (χ2v) is 5.94. The highest BCUT2D eigenvalue weighted by Crippen LogP contribution is 2.31. The third-order valence-corrected chi connectivity index (χ3v) is 3.71. The normalized spacial score (nSPS) is 14.5. The monoisotopic (exact) mass is 333 g/mol. The first-order chi connectivity index (χ1) is 11.5. The number of hydrogen-bond donors (Lipinski definition) is 1. The van der Waals surface area contributed by atoms with E-state index in [9.17, 15) is 9.59 Å². The number of fused-ring (bicyclic) bond motifs is 1. The molecule has 0 bridgehead atoms. The van der Waals surface area contributed by atoms with Crippen LogP contribution in [0.3, 0.4) is 0 Å². The van der Waals surface area contributed by atoms with E-state index in [1.807, 2.05) is 26.8 Å². The molecule has 1 aromatic carbocycles. The van der Waals surface area contributed by atoms with Crippen molar-refractivity contribution in [2.75, 3.05) is 19.8 Å². The molecule has 0 aromatic heterocycles. The quantitative estimate of drug-likeness (QED) is 0.638. The Bertz CT molecular complexity index is 624. The van der Waals surface area contributed by atoms with Gasteiger partial charge in [-0.2, -0.15) is 0 Å².